The minimum Gasteiger partial charge on any atom is -0.382 e. The van der Waals surface area contributed by atoms with Crippen LogP contribution in [-0.2, 0) is 0 Å². The number of hydrogen-bond donors (Lipinski definition) is 1. The lowest BCUT2D eigenvalue weighted by atomic mass is 9.75. The molecular formula is C14H19BrClN. The minimum atomic E-state index is 0.527. The lowest BCUT2D eigenvalue weighted by Crippen LogP contribution is -2.29. The van der Waals surface area contributed by atoms with Gasteiger partial charge in [0.15, 0.2) is 0 Å². The number of halogens is 2. The smallest absolute Gasteiger partial charge is 0.0549 e. The van der Waals surface area contributed by atoms with Crippen molar-refractivity contribution in [1.29, 1.82) is 0 Å². The summed E-state index contributed by atoms with van der Waals surface area (Å²) in [5.74, 6) is 0. The molecule has 3 heteroatoms. The maximum absolute atomic E-state index is 5.99. The summed E-state index contributed by atoms with van der Waals surface area (Å²) >= 11 is 9.44. The summed E-state index contributed by atoms with van der Waals surface area (Å²) in [4.78, 5) is 0. The number of anilines is 1. The average molecular weight is 317 g/mol. The van der Waals surface area contributed by atoms with Gasteiger partial charge in [0.2, 0.25) is 0 Å². The van der Waals surface area contributed by atoms with E-state index < -0.39 is 0 Å². The van der Waals surface area contributed by atoms with Crippen LogP contribution in [0.1, 0.15) is 39.5 Å². The van der Waals surface area contributed by atoms with Crippen molar-refractivity contribution in [2.75, 3.05) is 5.32 Å². The Balaban J connectivity index is 1.95. The van der Waals surface area contributed by atoms with Crippen molar-refractivity contribution in [2.45, 2.75) is 45.6 Å². The van der Waals surface area contributed by atoms with E-state index in [-0.39, 0.29) is 0 Å². The van der Waals surface area contributed by atoms with Crippen molar-refractivity contribution < 1.29 is 0 Å². The molecule has 1 aliphatic rings. The average Bonchev–Trinajstić information content (AvgIpc) is 2.27. The highest BCUT2D eigenvalue weighted by atomic mass is 79.9. The van der Waals surface area contributed by atoms with Crippen LogP contribution in [0, 0.1) is 5.41 Å². The molecule has 1 aliphatic carbocycles. The third kappa shape index (κ3) is 3.62. The Labute approximate surface area is 117 Å². The second-order valence-electron chi connectivity index (χ2n) is 5.71. The van der Waals surface area contributed by atoms with E-state index in [0.29, 0.717) is 11.5 Å². The molecule has 0 radical (unpaired) electrons. The van der Waals surface area contributed by atoms with E-state index >= 15 is 0 Å². The molecule has 1 N–H and O–H groups in total. The number of benzene rings is 1. The van der Waals surface area contributed by atoms with Crippen molar-refractivity contribution in [3.05, 3.63) is 27.7 Å². The van der Waals surface area contributed by atoms with Crippen LogP contribution in [0.15, 0.2) is 22.7 Å². The highest BCUT2D eigenvalue weighted by Crippen LogP contribution is 2.36. The van der Waals surface area contributed by atoms with Crippen LogP contribution in [0.2, 0.25) is 5.02 Å². The zero-order chi connectivity index (χ0) is 12.5. The van der Waals surface area contributed by atoms with Gasteiger partial charge in [0, 0.05) is 16.2 Å². The number of nitrogens with one attached hydrogen (secondary N) is 1. The lowest BCUT2D eigenvalue weighted by molar-refractivity contribution is 0.232. The van der Waals surface area contributed by atoms with E-state index in [1.807, 2.05) is 12.1 Å². The zero-order valence-corrected chi connectivity index (χ0v) is 12.7. The van der Waals surface area contributed by atoms with E-state index in [0.717, 1.165) is 15.2 Å². The third-order valence-electron chi connectivity index (χ3n) is 3.63. The molecule has 1 fully saturated rings. The normalized spacial score (nSPS) is 20.2. The second kappa shape index (κ2) is 5.19. The van der Waals surface area contributed by atoms with E-state index in [4.69, 9.17) is 11.6 Å². The molecule has 1 aromatic carbocycles. The SMILES string of the molecule is CC1(C)CCC(Nc2ccc(Cl)c(Br)c2)CC1. The van der Waals surface area contributed by atoms with Crippen molar-refractivity contribution in [3.63, 3.8) is 0 Å². The van der Waals surface area contributed by atoms with Gasteiger partial charge >= 0.3 is 0 Å². The molecule has 0 heterocycles. The van der Waals surface area contributed by atoms with Crippen molar-refractivity contribution >= 4 is 33.2 Å². The molecule has 0 aromatic heterocycles. The van der Waals surface area contributed by atoms with Crippen molar-refractivity contribution in [1.82, 2.24) is 0 Å². The summed E-state index contributed by atoms with van der Waals surface area (Å²) in [6.45, 7) is 4.73. The third-order valence-corrected chi connectivity index (χ3v) is 4.84. The maximum atomic E-state index is 5.99. The minimum absolute atomic E-state index is 0.527. The summed E-state index contributed by atoms with van der Waals surface area (Å²) in [7, 11) is 0. The molecule has 1 saturated carbocycles. The van der Waals surface area contributed by atoms with E-state index in [2.05, 4.69) is 41.2 Å². The van der Waals surface area contributed by atoms with Crippen molar-refractivity contribution in [3.8, 4) is 0 Å². The molecule has 0 aliphatic heterocycles. The Kier molecular flexibility index (Phi) is 4.04. The van der Waals surface area contributed by atoms with E-state index in [9.17, 15) is 0 Å². The highest BCUT2D eigenvalue weighted by molar-refractivity contribution is 9.10. The topological polar surface area (TPSA) is 12.0 Å². The molecule has 0 bridgehead atoms. The maximum Gasteiger partial charge on any atom is 0.0549 e. The predicted molar refractivity (Wildman–Crippen MR) is 78.8 cm³/mol. The molecule has 0 amide bonds. The Bertz CT molecular complexity index is 393. The molecule has 1 nitrogen and oxygen atoms in total. The Hall–Kier alpha value is -0.210. The van der Waals surface area contributed by atoms with Crippen LogP contribution in [0.3, 0.4) is 0 Å². The lowest BCUT2D eigenvalue weighted by Gasteiger charge is -2.35. The first kappa shape index (κ1) is 13.2. The molecule has 94 valence electrons. The molecule has 1 aromatic rings. The number of rotatable bonds is 2. The first-order valence-corrected chi connectivity index (χ1v) is 7.35. The first-order valence-electron chi connectivity index (χ1n) is 6.18. The molecule has 0 spiro atoms. The van der Waals surface area contributed by atoms with Gasteiger partial charge in [0.1, 0.15) is 0 Å². The zero-order valence-electron chi connectivity index (χ0n) is 10.4. The molecule has 0 atom stereocenters. The summed E-state index contributed by atoms with van der Waals surface area (Å²) in [5, 5.41) is 4.36. The summed E-state index contributed by atoms with van der Waals surface area (Å²) in [6.07, 6.45) is 5.12. The summed E-state index contributed by atoms with van der Waals surface area (Å²) < 4.78 is 0.959. The standard InChI is InChI=1S/C14H19BrClN/c1-14(2)7-5-10(6-8-14)17-11-3-4-13(16)12(15)9-11/h3-4,9-10,17H,5-8H2,1-2H3. The van der Waals surface area contributed by atoms with E-state index in [1.165, 1.54) is 25.7 Å². The van der Waals surface area contributed by atoms with Gasteiger partial charge in [-0.05, 0) is 65.2 Å². The van der Waals surface area contributed by atoms with Crippen LogP contribution >= 0.6 is 27.5 Å². The monoisotopic (exact) mass is 315 g/mol. The van der Waals surface area contributed by atoms with Gasteiger partial charge < -0.3 is 5.32 Å². The van der Waals surface area contributed by atoms with Gasteiger partial charge in [-0.15, -0.1) is 0 Å². The molecule has 0 unspecified atom stereocenters. The highest BCUT2D eigenvalue weighted by Gasteiger charge is 2.26. The predicted octanol–water partition coefficient (Wildman–Crippen LogP) is 5.48. The Morgan fingerprint density at radius 2 is 1.94 bits per heavy atom. The fourth-order valence-electron chi connectivity index (χ4n) is 2.37. The van der Waals surface area contributed by atoms with Crippen LogP contribution < -0.4 is 5.32 Å². The fraction of sp³-hybridized carbons (Fsp3) is 0.571. The van der Waals surface area contributed by atoms with Gasteiger partial charge in [0.05, 0.1) is 5.02 Å². The molecular weight excluding hydrogens is 298 g/mol. The second-order valence-corrected chi connectivity index (χ2v) is 6.97. The van der Waals surface area contributed by atoms with Crippen LogP contribution in [0.4, 0.5) is 5.69 Å². The quantitative estimate of drug-likeness (QED) is 0.761. The van der Waals surface area contributed by atoms with Crippen LogP contribution in [0.25, 0.3) is 0 Å². The van der Waals surface area contributed by atoms with E-state index in [1.54, 1.807) is 0 Å². The van der Waals surface area contributed by atoms with Crippen LogP contribution in [0.5, 0.6) is 0 Å². The Morgan fingerprint density at radius 1 is 1.29 bits per heavy atom. The largest absolute Gasteiger partial charge is 0.382 e. The molecule has 2 rings (SSSR count). The first-order chi connectivity index (χ1) is 7.96. The fourth-order valence-corrected chi connectivity index (χ4v) is 2.86. The summed E-state index contributed by atoms with van der Waals surface area (Å²) in [6, 6.07) is 6.64. The van der Waals surface area contributed by atoms with Gasteiger partial charge in [0.25, 0.3) is 0 Å². The number of hydrogen-bond acceptors (Lipinski definition) is 1. The van der Waals surface area contributed by atoms with Crippen molar-refractivity contribution in [2.24, 2.45) is 5.41 Å². The Morgan fingerprint density at radius 3 is 2.53 bits per heavy atom. The van der Waals surface area contributed by atoms with Crippen LogP contribution in [-0.4, -0.2) is 6.04 Å². The van der Waals surface area contributed by atoms with Gasteiger partial charge in [-0.25, -0.2) is 0 Å². The van der Waals surface area contributed by atoms with Gasteiger partial charge in [-0.1, -0.05) is 25.4 Å². The van der Waals surface area contributed by atoms with Gasteiger partial charge in [-0.3, -0.25) is 0 Å². The van der Waals surface area contributed by atoms with Gasteiger partial charge in [-0.2, -0.15) is 0 Å². The molecule has 17 heavy (non-hydrogen) atoms. The molecule has 0 saturated heterocycles. The summed E-state index contributed by atoms with van der Waals surface area (Å²) in [5.41, 5.74) is 1.68.